The van der Waals surface area contributed by atoms with Crippen molar-refractivity contribution >= 4 is 29.3 Å². The minimum atomic E-state index is -4.54. The molecule has 2 amide bonds. The number of carbonyl (C=O) groups excluding carboxylic acids is 2. The lowest BCUT2D eigenvalue weighted by molar-refractivity contribution is -0.137. The van der Waals surface area contributed by atoms with E-state index in [0.29, 0.717) is 26.2 Å². The van der Waals surface area contributed by atoms with E-state index in [4.69, 9.17) is 0 Å². The Balaban J connectivity index is 1.48. The Morgan fingerprint density at radius 3 is 2.28 bits per heavy atom. The number of hydrogen-bond donors (Lipinski definition) is 1. The number of piperazine rings is 1. The predicted molar refractivity (Wildman–Crippen MR) is 120 cm³/mol. The highest BCUT2D eigenvalue weighted by molar-refractivity contribution is 8.00. The second-order valence-corrected chi connectivity index (χ2v) is 9.18. The van der Waals surface area contributed by atoms with Crippen LogP contribution in [0.5, 0.6) is 0 Å². The molecule has 0 spiro atoms. The quantitative estimate of drug-likeness (QED) is 0.648. The lowest BCUT2D eigenvalue weighted by Crippen LogP contribution is -2.52. The molecule has 0 saturated carbocycles. The molecule has 1 atom stereocenters. The van der Waals surface area contributed by atoms with E-state index in [-0.39, 0.29) is 23.4 Å². The van der Waals surface area contributed by atoms with Gasteiger partial charge in [-0.1, -0.05) is 29.8 Å². The summed E-state index contributed by atoms with van der Waals surface area (Å²) >= 11 is 1.51. The van der Waals surface area contributed by atoms with Gasteiger partial charge in [-0.05, 0) is 38.1 Å². The van der Waals surface area contributed by atoms with Crippen molar-refractivity contribution in [2.75, 3.05) is 38.0 Å². The van der Waals surface area contributed by atoms with E-state index in [1.54, 1.807) is 4.90 Å². The Hall–Kier alpha value is -2.52. The Bertz CT molecular complexity index is 942. The largest absolute Gasteiger partial charge is 0.418 e. The summed E-state index contributed by atoms with van der Waals surface area (Å²) in [6, 6.07) is 12.9. The number of thioether (sulfide) groups is 1. The number of para-hydroxylation sites is 1. The minimum Gasteiger partial charge on any atom is -0.339 e. The number of anilines is 1. The van der Waals surface area contributed by atoms with Crippen LogP contribution >= 0.6 is 11.8 Å². The molecule has 0 radical (unpaired) electrons. The van der Waals surface area contributed by atoms with E-state index in [1.807, 2.05) is 43.0 Å². The van der Waals surface area contributed by atoms with E-state index >= 15 is 0 Å². The molecule has 0 aromatic heterocycles. The molecule has 5 nitrogen and oxygen atoms in total. The first-order valence-electron chi connectivity index (χ1n) is 10.3. The molecular weight excluding hydrogens is 439 g/mol. The fourth-order valence-corrected chi connectivity index (χ4v) is 4.44. The highest BCUT2D eigenvalue weighted by atomic mass is 32.2. The zero-order valence-electron chi connectivity index (χ0n) is 18.0. The molecule has 1 aliphatic heterocycles. The second-order valence-electron chi connectivity index (χ2n) is 7.77. The number of alkyl halides is 3. The molecule has 1 heterocycles. The fourth-order valence-electron chi connectivity index (χ4n) is 3.49. The molecule has 3 rings (SSSR count). The number of rotatable bonds is 6. The van der Waals surface area contributed by atoms with Gasteiger partial charge in [0.25, 0.3) is 0 Å². The number of amides is 2. The fraction of sp³-hybridized carbons (Fsp3) is 0.391. The lowest BCUT2D eigenvalue weighted by Gasteiger charge is -2.35. The third-order valence-corrected chi connectivity index (χ3v) is 6.34. The van der Waals surface area contributed by atoms with E-state index < -0.39 is 17.6 Å². The maximum absolute atomic E-state index is 13.1. The van der Waals surface area contributed by atoms with Crippen LogP contribution in [0.15, 0.2) is 53.4 Å². The summed E-state index contributed by atoms with van der Waals surface area (Å²) < 4.78 is 39.3. The normalized spacial score (nSPS) is 16.0. The van der Waals surface area contributed by atoms with Crippen LogP contribution < -0.4 is 5.32 Å². The number of nitrogens with one attached hydrogen (secondary N) is 1. The summed E-state index contributed by atoms with van der Waals surface area (Å²) in [6.07, 6.45) is -4.54. The van der Waals surface area contributed by atoms with Crippen LogP contribution in [0.3, 0.4) is 0 Å². The summed E-state index contributed by atoms with van der Waals surface area (Å²) in [5.41, 5.74) is 0.0417. The average Bonchev–Trinajstić information content (AvgIpc) is 2.75. The van der Waals surface area contributed by atoms with Gasteiger partial charge in [-0.2, -0.15) is 13.2 Å². The van der Waals surface area contributed by atoms with Crippen molar-refractivity contribution in [2.24, 2.45) is 0 Å². The zero-order valence-corrected chi connectivity index (χ0v) is 18.8. The van der Waals surface area contributed by atoms with Crippen molar-refractivity contribution in [3.63, 3.8) is 0 Å². The summed E-state index contributed by atoms with van der Waals surface area (Å²) in [7, 11) is 0. The average molecular weight is 466 g/mol. The first kappa shape index (κ1) is 24.1. The summed E-state index contributed by atoms with van der Waals surface area (Å²) in [6.45, 7) is 5.79. The van der Waals surface area contributed by atoms with E-state index in [9.17, 15) is 22.8 Å². The molecule has 1 aliphatic rings. The molecule has 1 saturated heterocycles. The SMILES string of the molecule is Cc1ccc(SC(C)C(=O)N2CCN(CC(=O)Nc3ccccc3C(F)(F)F)CC2)cc1. The number of hydrogen-bond acceptors (Lipinski definition) is 4. The number of nitrogens with zero attached hydrogens (tertiary/aromatic N) is 2. The van der Waals surface area contributed by atoms with Crippen LogP contribution in [0.25, 0.3) is 0 Å². The predicted octanol–water partition coefficient (Wildman–Crippen LogP) is 4.28. The van der Waals surface area contributed by atoms with Gasteiger partial charge in [-0.3, -0.25) is 14.5 Å². The smallest absolute Gasteiger partial charge is 0.339 e. The third-order valence-electron chi connectivity index (χ3n) is 5.24. The Kier molecular flexibility index (Phi) is 7.84. The van der Waals surface area contributed by atoms with Gasteiger partial charge in [0.2, 0.25) is 11.8 Å². The van der Waals surface area contributed by atoms with Gasteiger partial charge in [-0.15, -0.1) is 11.8 Å². The van der Waals surface area contributed by atoms with Crippen molar-refractivity contribution in [1.82, 2.24) is 9.80 Å². The molecule has 2 aromatic carbocycles. The highest BCUT2D eigenvalue weighted by Crippen LogP contribution is 2.34. The van der Waals surface area contributed by atoms with Crippen molar-refractivity contribution in [2.45, 2.75) is 30.2 Å². The van der Waals surface area contributed by atoms with Crippen LogP contribution in [0.2, 0.25) is 0 Å². The van der Waals surface area contributed by atoms with Gasteiger partial charge < -0.3 is 10.2 Å². The number of carbonyl (C=O) groups is 2. The number of halogens is 3. The summed E-state index contributed by atoms with van der Waals surface area (Å²) in [5, 5.41) is 2.13. The van der Waals surface area contributed by atoms with Crippen molar-refractivity contribution in [1.29, 1.82) is 0 Å². The Morgan fingerprint density at radius 2 is 1.66 bits per heavy atom. The highest BCUT2D eigenvalue weighted by Gasteiger charge is 2.34. The molecule has 32 heavy (non-hydrogen) atoms. The molecule has 2 aromatic rings. The topological polar surface area (TPSA) is 52.7 Å². The molecule has 172 valence electrons. The monoisotopic (exact) mass is 465 g/mol. The lowest BCUT2D eigenvalue weighted by atomic mass is 10.1. The molecule has 1 fully saturated rings. The molecule has 1 unspecified atom stereocenters. The van der Waals surface area contributed by atoms with Gasteiger partial charge in [0, 0.05) is 31.1 Å². The first-order valence-corrected chi connectivity index (χ1v) is 11.2. The minimum absolute atomic E-state index is 0.0259. The molecular formula is C23H26F3N3O2S. The maximum Gasteiger partial charge on any atom is 0.418 e. The second kappa shape index (κ2) is 10.4. The van der Waals surface area contributed by atoms with Crippen molar-refractivity contribution in [3.8, 4) is 0 Å². The number of benzene rings is 2. The molecule has 0 bridgehead atoms. The van der Waals surface area contributed by atoms with Gasteiger partial charge in [-0.25, -0.2) is 0 Å². The van der Waals surface area contributed by atoms with Gasteiger partial charge in [0.05, 0.1) is 23.0 Å². The number of aryl methyl sites for hydroxylation is 1. The van der Waals surface area contributed by atoms with Crippen LogP contribution in [0, 0.1) is 6.92 Å². The van der Waals surface area contributed by atoms with Gasteiger partial charge in [0.1, 0.15) is 0 Å². The van der Waals surface area contributed by atoms with E-state index in [2.05, 4.69) is 5.32 Å². The molecule has 1 N–H and O–H groups in total. The summed E-state index contributed by atoms with van der Waals surface area (Å²) in [4.78, 5) is 29.7. The van der Waals surface area contributed by atoms with Crippen molar-refractivity contribution in [3.05, 3.63) is 59.7 Å². The van der Waals surface area contributed by atoms with Crippen molar-refractivity contribution < 1.29 is 22.8 Å². The van der Waals surface area contributed by atoms with E-state index in [0.717, 1.165) is 16.5 Å². The van der Waals surface area contributed by atoms with E-state index in [1.165, 1.54) is 30.0 Å². The van der Waals surface area contributed by atoms with Gasteiger partial charge in [0.15, 0.2) is 0 Å². The van der Waals surface area contributed by atoms with Crippen LogP contribution in [0.4, 0.5) is 18.9 Å². The van der Waals surface area contributed by atoms with Crippen LogP contribution in [0.1, 0.15) is 18.1 Å². The molecule has 0 aliphatic carbocycles. The van der Waals surface area contributed by atoms with Crippen LogP contribution in [-0.2, 0) is 15.8 Å². The van der Waals surface area contributed by atoms with Crippen LogP contribution in [-0.4, -0.2) is 59.6 Å². The van der Waals surface area contributed by atoms with Gasteiger partial charge >= 0.3 is 6.18 Å². The first-order chi connectivity index (χ1) is 15.1. The maximum atomic E-state index is 13.1. The summed E-state index contributed by atoms with van der Waals surface area (Å²) in [5.74, 6) is -0.469. The third kappa shape index (κ3) is 6.49. The Morgan fingerprint density at radius 1 is 1.03 bits per heavy atom. The standard InChI is InChI=1S/C23H26F3N3O2S/c1-16-7-9-18(10-8-16)32-17(2)22(31)29-13-11-28(12-14-29)15-21(30)27-20-6-4-3-5-19(20)23(24,25)26/h3-10,17H,11-15H2,1-2H3,(H,27,30). The zero-order chi connectivity index (χ0) is 23.3. The Labute approximate surface area is 190 Å². The molecule has 9 heteroatoms.